The molecule has 0 aromatic heterocycles. The van der Waals surface area contributed by atoms with E-state index in [1.165, 1.54) is 5.56 Å². The molecule has 4 heteroatoms. The Labute approximate surface area is 205 Å². The van der Waals surface area contributed by atoms with Gasteiger partial charge in [0.05, 0.1) is 12.4 Å². The summed E-state index contributed by atoms with van der Waals surface area (Å²) in [6.07, 6.45) is 2.94. The number of Topliss-reactive ketones (excluding diaryl/α,β-unsaturated/α-hetero) is 1. The zero-order valence-corrected chi connectivity index (χ0v) is 22.0. The Morgan fingerprint density at radius 3 is 2.09 bits per heavy atom. The van der Waals surface area contributed by atoms with Crippen molar-refractivity contribution in [3.63, 3.8) is 0 Å². The second kappa shape index (κ2) is 9.93. The Morgan fingerprint density at radius 1 is 1.03 bits per heavy atom. The van der Waals surface area contributed by atoms with Gasteiger partial charge in [0.1, 0.15) is 5.75 Å². The molecule has 0 aliphatic carbocycles. The quantitative estimate of drug-likeness (QED) is 0.448. The fourth-order valence-corrected chi connectivity index (χ4v) is 5.13. The van der Waals surface area contributed by atoms with E-state index in [1.54, 1.807) is 0 Å². The number of likely N-dealkylation sites (tertiary alicyclic amines) is 1. The number of ketones is 1. The van der Waals surface area contributed by atoms with Gasteiger partial charge in [-0.05, 0) is 47.3 Å². The van der Waals surface area contributed by atoms with Gasteiger partial charge >= 0.3 is 0 Å². The molecule has 1 fully saturated rings. The lowest BCUT2D eigenvalue weighted by Gasteiger charge is -2.28. The van der Waals surface area contributed by atoms with Gasteiger partial charge in [0, 0.05) is 29.2 Å². The van der Waals surface area contributed by atoms with Gasteiger partial charge in [0.15, 0.2) is 5.78 Å². The van der Waals surface area contributed by atoms with Crippen LogP contribution in [-0.2, 0) is 17.3 Å². The number of hydrogen-bond acceptors (Lipinski definition) is 3. The van der Waals surface area contributed by atoms with Gasteiger partial charge in [0.25, 0.3) is 0 Å². The van der Waals surface area contributed by atoms with Crippen LogP contribution in [-0.4, -0.2) is 34.7 Å². The molecule has 2 aromatic carbocycles. The molecule has 0 unspecified atom stereocenters. The monoisotopic (exact) mass is 462 g/mol. The standard InChI is InChI=1S/C30H42N2O2/c1-8-12-23-22(15-20-13-10-9-11-14-20)18-32(28(23)31)19-26(33)21-16-24(29(2,3)4)27(34)25(17-21)30(5,6)7/h9-11,13-14,16-17,22-23,31,34H,8,12,15,18-19H2,1-7H3/t22-,23+/m0/s1. The first-order chi connectivity index (χ1) is 15.8. The fraction of sp³-hybridized carbons (Fsp3) is 0.533. The Bertz CT molecular complexity index is 993. The van der Waals surface area contributed by atoms with Gasteiger partial charge in [-0.3, -0.25) is 10.2 Å². The van der Waals surface area contributed by atoms with Crippen molar-refractivity contribution in [3.05, 3.63) is 64.7 Å². The number of hydrogen-bond donors (Lipinski definition) is 2. The first kappa shape index (κ1) is 26.0. The average molecular weight is 463 g/mol. The molecule has 0 saturated carbocycles. The summed E-state index contributed by atoms with van der Waals surface area (Å²) in [6, 6.07) is 14.2. The first-order valence-electron chi connectivity index (χ1n) is 12.6. The number of benzene rings is 2. The minimum atomic E-state index is -0.284. The lowest BCUT2D eigenvalue weighted by molar-refractivity contribution is 0.0963. The predicted molar refractivity (Wildman–Crippen MR) is 141 cm³/mol. The number of rotatable bonds is 7. The van der Waals surface area contributed by atoms with Crippen LogP contribution in [0.1, 0.15) is 88.4 Å². The van der Waals surface area contributed by atoms with Crippen LogP contribution in [0.4, 0.5) is 0 Å². The van der Waals surface area contributed by atoms with Gasteiger partial charge in [-0.25, -0.2) is 0 Å². The molecular formula is C30H42N2O2. The molecule has 3 rings (SSSR count). The molecule has 0 amide bonds. The maximum Gasteiger partial charge on any atom is 0.182 e. The largest absolute Gasteiger partial charge is 0.507 e. The van der Waals surface area contributed by atoms with Crippen molar-refractivity contribution in [2.75, 3.05) is 13.1 Å². The lowest BCUT2D eigenvalue weighted by atomic mass is 9.78. The van der Waals surface area contributed by atoms with Crippen LogP contribution in [0.3, 0.4) is 0 Å². The Kier molecular flexibility index (Phi) is 7.59. The summed E-state index contributed by atoms with van der Waals surface area (Å²) in [5.41, 5.74) is 2.94. The van der Waals surface area contributed by atoms with Crippen molar-refractivity contribution in [2.45, 2.75) is 78.6 Å². The normalized spacial score (nSPS) is 19.0. The van der Waals surface area contributed by atoms with Crippen molar-refractivity contribution < 1.29 is 9.90 Å². The van der Waals surface area contributed by atoms with Crippen LogP contribution >= 0.6 is 0 Å². The molecule has 4 nitrogen and oxygen atoms in total. The minimum Gasteiger partial charge on any atom is -0.507 e. The summed E-state index contributed by atoms with van der Waals surface area (Å²) in [5.74, 6) is 1.43. The Hall–Kier alpha value is -2.62. The first-order valence-corrected chi connectivity index (χ1v) is 12.6. The van der Waals surface area contributed by atoms with Crippen LogP contribution < -0.4 is 0 Å². The molecule has 2 atom stereocenters. The molecule has 2 aromatic rings. The van der Waals surface area contributed by atoms with Crippen LogP contribution in [0.5, 0.6) is 5.75 Å². The van der Waals surface area contributed by atoms with E-state index in [4.69, 9.17) is 5.41 Å². The highest BCUT2D eigenvalue weighted by molar-refractivity contribution is 6.00. The van der Waals surface area contributed by atoms with Gasteiger partial charge in [-0.15, -0.1) is 0 Å². The highest BCUT2D eigenvalue weighted by Crippen LogP contribution is 2.40. The summed E-state index contributed by atoms with van der Waals surface area (Å²) in [5, 5.41) is 19.9. The van der Waals surface area contributed by atoms with Crippen LogP contribution in [0.2, 0.25) is 0 Å². The van der Waals surface area contributed by atoms with Crippen LogP contribution in [0.15, 0.2) is 42.5 Å². The van der Waals surface area contributed by atoms with Crippen molar-refractivity contribution in [1.29, 1.82) is 5.41 Å². The van der Waals surface area contributed by atoms with Gasteiger partial charge < -0.3 is 10.0 Å². The number of nitrogens with zero attached hydrogens (tertiary/aromatic N) is 1. The van der Waals surface area contributed by atoms with Crippen LogP contribution in [0, 0.1) is 17.2 Å². The highest BCUT2D eigenvalue weighted by Gasteiger charge is 2.38. The maximum absolute atomic E-state index is 13.5. The Morgan fingerprint density at radius 2 is 1.59 bits per heavy atom. The molecule has 1 saturated heterocycles. The minimum absolute atomic E-state index is 0.0105. The topological polar surface area (TPSA) is 64.4 Å². The molecule has 1 aliphatic rings. The molecule has 0 bridgehead atoms. The SMILES string of the molecule is CCC[C@H]1C(=N)N(CC(=O)c2cc(C(C)(C)C)c(O)c(C(C)(C)C)c2)C[C@@H]1Cc1ccccc1. The maximum atomic E-state index is 13.5. The lowest BCUT2D eigenvalue weighted by Crippen LogP contribution is -2.32. The number of phenolic OH excluding ortho intramolecular Hbond substituents is 1. The third-order valence-corrected chi connectivity index (χ3v) is 7.04. The number of carbonyl (C=O) groups is 1. The van der Waals surface area contributed by atoms with E-state index in [2.05, 4.69) is 72.7 Å². The molecule has 1 aliphatic heterocycles. The number of carbonyl (C=O) groups excluding carboxylic acids is 1. The van der Waals surface area contributed by atoms with Gasteiger partial charge in [0.2, 0.25) is 0 Å². The van der Waals surface area contributed by atoms with E-state index in [0.29, 0.717) is 17.3 Å². The summed E-state index contributed by atoms with van der Waals surface area (Å²) >= 11 is 0. The summed E-state index contributed by atoms with van der Waals surface area (Å²) in [4.78, 5) is 15.5. The smallest absolute Gasteiger partial charge is 0.182 e. The predicted octanol–water partition coefficient (Wildman–Crippen LogP) is 6.74. The molecule has 184 valence electrons. The van der Waals surface area contributed by atoms with E-state index >= 15 is 0 Å². The highest BCUT2D eigenvalue weighted by atomic mass is 16.3. The van der Waals surface area contributed by atoms with Crippen molar-refractivity contribution in [2.24, 2.45) is 11.8 Å². The molecule has 0 radical (unpaired) electrons. The van der Waals surface area contributed by atoms with Crippen molar-refractivity contribution in [3.8, 4) is 5.75 Å². The number of phenols is 1. The van der Waals surface area contributed by atoms with Gasteiger partial charge in [-0.2, -0.15) is 0 Å². The average Bonchev–Trinajstić information content (AvgIpc) is 3.02. The second-order valence-electron chi connectivity index (χ2n) is 12.0. The van der Waals surface area contributed by atoms with Crippen LogP contribution in [0.25, 0.3) is 0 Å². The number of nitrogens with one attached hydrogen (secondary N) is 1. The molecule has 1 heterocycles. The van der Waals surface area contributed by atoms with E-state index < -0.39 is 0 Å². The zero-order chi connectivity index (χ0) is 25.3. The molecule has 2 N–H and O–H groups in total. The molecule has 34 heavy (non-hydrogen) atoms. The van der Waals surface area contributed by atoms with E-state index in [1.807, 2.05) is 23.1 Å². The van der Waals surface area contributed by atoms with E-state index in [9.17, 15) is 9.90 Å². The third kappa shape index (κ3) is 5.71. The van der Waals surface area contributed by atoms with Crippen molar-refractivity contribution in [1.82, 2.24) is 4.90 Å². The third-order valence-electron chi connectivity index (χ3n) is 7.04. The number of aromatic hydroxyl groups is 1. The number of amidine groups is 1. The molecular weight excluding hydrogens is 420 g/mol. The summed E-state index contributed by atoms with van der Waals surface area (Å²) in [6.45, 7) is 15.5. The van der Waals surface area contributed by atoms with E-state index in [-0.39, 0.29) is 34.8 Å². The Balaban J connectivity index is 1.87. The summed E-state index contributed by atoms with van der Waals surface area (Å²) < 4.78 is 0. The zero-order valence-electron chi connectivity index (χ0n) is 22.0. The van der Waals surface area contributed by atoms with E-state index in [0.717, 1.165) is 36.9 Å². The van der Waals surface area contributed by atoms with Crippen molar-refractivity contribution >= 4 is 11.6 Å². The fourth-order valence-electron chi connectivity index (χ4n) is 5.13. The summed E-state index contributed by atoms with van der Waals surface area (Å²) in [7, 11) is 0. The second-order valence-corrected chi connectivity index (χ2v) is 12.0. The van der Waals surface area contributed by atoms with Gasteiger partial charge in [-0.1, -0.05) is 85.2 Å². The molecule has 0 spiro atoms.